The minimum absolute atomic E-state index is 1.17. The highest BCUT2D eigenvalue weighted by Gasteiger charge is 1.65. The molecule has 0 fully saturated rings. The van der Waals surface area contributed by atoms with Gasteiger partial charge in [-0.25, -0.2) is 4.72 Å². The van der Waals surface area contributed by atoms with Crippen molar-refractivity contribution in [1.82, 2.24) is 4.72 Å². The second kappa shape index (κ2) is 5.65. The Morgan fingerprint density at radius 3 is 3.00 bits per heavy atom. The molecular weight excluding hydrogens is 110 g/mol. The Kier molecular flexibility index (Phi) is 5.37. The van der Waals surface area contributed by atoms with Crippen molar-refractivity contribution in [3.05, 3.63) is 12.8 Å². The molecule has 0 unspecified atom stereocenters. The van der Waals surface area contributed by atoms with Gasteiger partial charge in [0.2, 0.25) is 0 Å². The Morgan fingerprint density at radius 1 is 1.86 bits per heavy atom. The normalized spacial score (nSPS) is 9.86. The number of nitrogens with one attached hydrogen (secondary N) is 1. The molecule has 0 atom stereocenters. The van der Waals surface area contributed by atoms with E-state index >= 15 is 0 Å². The highest BCUT2D eigenvalue weighted by atomic mass is 32.2. The van der Waals surface area contributed by atoms with E-state index in [0.29, 0.717) is 0 Å². The number of nitrogens with zero attached hydrogens (tertiary/aromatic N) is 2. The van der Waals surface area contributed by atoms with E-state index in [9.17, 15) is 0 Å². The maximum atomic E-state index is 3.52. The van der Waals surface area contributed by atoms with Gasteiger partial charge in [-0.05, 0) is 7.05 Å². The topological polar surface area (TPSA) is 36.8 Å². The van der Waals surface area contributed by atoms with Crippen LogP contribution in [0, 0.1) is 0 Å². The molecule has 0 aliphatic carbocycles. The minimum Gasteiger partial charge on any atom is -0.246 e. The van der Waals surface area contributed by atoms with Gasteiger partial charge >= 0.3 is 0 Å². The molecule has 40 valence electrons. The summed E-state index contributed by atoms with van der Waals surface area (Å²) in [5.74, 6) is 0. The molecule has 0 radical (unpaired) electrons. The van der Waals surface area contributed by atoms with E-state index in [1.54, 1.807) is 7.05 Å². The monoisotopic (exact) mass is 117 g/mol. The van der Waals surface area contributed by atoms with Crippen LogP contribution < -0.4 is 4.72 Å². The fourth-order valence-electron chi connectivity index (χ4n) is 0.0977. The summed E-state index contributed by atoms with van der Waals surface area (Å²) in [6.45, 7) is 3.33. The summed E-state index contributed by atoms with van der Waals surface area (Å²) >= 11 is 1.17. The predicted octanol–water partition coefficient (Wildman–Crippen LogP) is 1.36. The van der Waals surface area contributed by atoms with Crippen molar-refractivity contribution < 1.29 is 0 Å². The molecule has 0 amide bonds. The first-order chi connectivity index (χ1) is 3.41. The predicted molar refractivity (Wildman–Crippen MR) is 31.7 cm³/mol. The van der Waals surface area contributed by atoms with Crippen molar-refractivity contribution >= 4 is 12.1 Å². The molecule has 1 N–H and O–H groups in total. The van der Waals surface area contributed by atoms with Gasteiger partial charge in [-0.15, -0.1) is 0 Å². The molecular formula is C3H7N3S. The van der Waals surface area contributed by atoms with Crippen molar-refractivity contribution in [1.29, 1.82) is 0 Å². The third-order valence-corrected chi connectivity index (χ3v) is 0.619. The number of hydrogen-bond donors (Lipinski definition) is 1. The second-order valence-corrected chi connectivity index (χ2v) is 1.43. The van der Waals surface area contributed by atoms with Crippen molar-refractivity contribution in [2.75, 3.05) is 7.05 Å². The zero-order valence-corrected chi connectivity index (χ0v) is 4.90. The number of rotatable bonds is 3. The Hall–Kier alpha value is -0.350. The summed E-state index contributed by atoms with van der Waals surface area (Å²) in [5.41, 5.74) is 0. The van der Waals surface area contributed by atoms with Crippen LogP contribution in [-0.4, -0.2) is 7.05 Å². The lowest BCUT2D eigenvalue weighted by Crippen LogP contribution is -1.84. The molecule has 0 aromatic heterocycles. The lowest BCUT2D eigenvalue weighted by molar-refractivity contribution is 1.26. The molecule has 0 aromatic rings. The smallest absolute Gasteiger partial charge is 0.0823 e. The van der Waals surface area contributed by atoms with Crippen LogP contribution in [0.5, 0.6) is 0 Å². The lowest BCUT2D eigenvalue weighted by atomic mass is 11.1. The van der Waals surface area contributed by atoms with Gasteiger partial charge in [-0.1, -0.05) is 11.1 Å². The molecule has 0 bridgehead atoms. The largest absolute Gasteiger partial charge is 0.246 e. The van der Waals surface area contributed by atoms with Crippen LogP contribution in [0.3, 0.4) is 0 Å². The van der Waals surface area contributed by atoms with Crippen LogP contribution in [0.1, 0.15) is 0 Å². The third kappa shape index (κ3) is 5.65. The summed E-state index contributed by atoms with van der Waals surface area (Å²) in [7, 11) is 1.77. The van der Waals surface area contributed by atoms with Gasteiger partial charge in [0.1, 0.15) is 0 Å². The summed E-state index contributed by atoms with van der Waals surface area (Å²) in [6, 6.07) is 0. The van der Waals surface area contributed by atoms with Gasteiger partial charge in [0.15, 0.2) is 0 Å². The summed E-state index contributed by atoms with van der Waals surface area (Å²) in [6.07, 6.45) is 1.38. The average Bonchev–Trinajstić information content (AvgIpc) is 1.69. The highest BCUT2D eigenvalue weighted by molar-refractivity contribution is 7.95. The summed E-state index contributed by atoms with van der Waals surface area (Å²) in [4.78, 5) is 0. The maximum absolute atomic E-state index is 3.52. The van der Waals surface area contributed by atoms with Crippen LogP contribution in [-0.2, 0) is 0 Å². The Bertz CT molecular complexity index is 70.6. The van der Waals surface area contributed by atoms with E-state index in [0.717, 1.165) is 0 Å². The Labute approximate surface area is 47.2 Å². The lowest BCUT2D eigenvalue weighted by Gasteiger charge is -1.79. The van der Waals surface area contributed by atoms with Gasteiger partial charge in [0.25, 0.3) is 0 Å². The zero-order chi connectivity index (χ0) is 5.54. The number of hydrogen-bond acceptors (Lipinski definition) is 4. The van der Waals surface area contributed by atoms with Crippen LogP contribution in [0.2, 0.25) is 0 Å². The first-order valence-corrected chi connectivity index (χ1v) is 2.53. The molecule has 0 saturated heterocycles. The van der Waals surface area contributed by atoms with Crippen LogP contribution in [0.4, 0.5) is 0 Å². The van der Waals surface area contributed by atoms with Crippen LogP contribution in [0.15, 0.2) is 22.4 Å². The molecule has 0 aromatic carbocycles. The zero-order valence-electron chi connectivity index (χ0n) is 4.09. The molecule has 0 aliphatic heterocycles. The standard InChI is InChI=1S/C3H7N3S/c1-3-5-6-7-4-2/h3-4H,1H2,2H3/b6-5-. The van der Waals surface area contributed by atoms with Gasteiger partial charge < -0.3 is 0 Å². The SMILES string of the molecule is C=C/N=N\SNC. The van der Waals surface area contributed by atoms with Crippen molar-refractivity contribution in [3.63, 3.8) is 0 Å². The molecule has 0 spiro atoms. The van der Waals surface area contributed by atoms with Crippen molar-refractivity contribution in [3.8, 4) is 0 Å². The van der Waals surface area contributed by atoms with E-state index in [4.69, 9.17) is 0 Å². The van der Waals surface area contributed by atoms with Crippen LogP contribution >= 0.6 is 12.1 Å². The first-order valence-electron chi connectivity index (χ1n) is 1.75. The molecule has 0 heterocycles. The van der Waals surface area contributed by atoms with Crippen molar-refractivity contribution in [2.24, 2.45) is 9.63 Å². The first kappa shape index (κ1) is 6.65. The van der Waals surface area contributed by atoms with E-state index in [1.165, 1.54) is 18.3 Å². The van der Waals surface area contributed by atoms with Crippen molar-refractivity contribution in [2.45, 2.75) is 0 Å². The average molecular weight is 117 g/mol. The van der Waals surface area contributed by atoms with E-state index in [-0.39, 0.29) is 0 Å². The fraction of sp³-hybridized carbons (Fsp3) is 0.333. The second-order valence-electron chi connectivity index (χ2n) is 0.675. The van der Waals surface area contributed by atoms with Gasteiger partial charge in [-0.2, -0.15) is 5.11 Å². The Balaban J connectivity index is 2.92. The van der Waals surface area contributed by atoms with E-state index in [1.807, 2.05) is 0 Å². The summed E-state index contributed by atoms with van der Waals surface area (Å²) in [5, 5.41) is 3.45. The van der Waals surface area contributed by atoms with Gasteiger partial charge in [-0.3, -0.25) is 0 Å². The van der Waals surface area contributed by atoms with E-state index < -0.39 is 0 Å². The molecule has 0 saturated carbocycles. The molecule has 0 aliphatic rings. The highest BCUT2D eigenvalue weighted by Crippen LogP contribution is 1.91. The molecule has 7 heavy (non-hydrogen) atoms. The van der Waals surface area contributed by atoms with Gasteiger partial charge in [0.05, 0.1) is 12.1 Å². The molecule has 4 heteroatoms. The van der Waals surface area contributed by atoms with Crippen LogP contribution in [0.25, 0.3) is 0 Å². The minimum atomic E-state index is 1.17. The quantitative estimate of drug-likeness (QED) is 0.447. The Morgan fingerprint density at radius 2 is 2.57 bits per heavy atom. The fourth-order valence-corrected chi connectivity index (χ4v) is 0.293. The van der Waals surface area contributed by atoms with E-state index in [2.05, 4.69) is 20.9 Å². The van der Waals surface area contributed by atoms with Gasteiger partial charge in [0, 0.05) is 6.20 Å². The molecule has 0 rings (SSSR count). The molecule has 3 nitrogen and oxygen atoms in total. The maximum Gasteiger partial charge on any atom is 0.0823 e. The third-order valence-electron chi connectivity index (χ3n) is 0.261. The summed E-state index contributed by atoms with van der Waals surface area (Å²) < 4.78 is 6.23.